The number of nitrogens with one attached hydrogen (secondary N) is 1. The number of ether oxygens (including phenoxy) is 1. The minimum Gasteiger partial charge on any atom is -0.453 e. The largest absolute Gasteiger partial charge is 0.453 e. The summed E-state index contributed by atoms with van der Waals surface area (Å²) < 4.78 is 6.36. The number of nitrogens with zero attached hydrogens (tertiary/aromatic N) is 3. The van der Waals surface area contributed by atoms with Crippen LogP contribution in [0.5, 0.6) is 0 Å². The van der Waals surface area contributed by atoms with Crippen LogP contribution in [0.2, 0.25) is 0 Å². The highest BCUT2D eigenvalue weighted by molar-refractivity contribution is 8.00. The number of benzene rings is 1. The van der Waals surface area contributed by atoms with Crippen molar-refractivity contribution in [3.05, 3.63) is 36.2 Å². The van der Waals surface area contributed by atoms with E-state index in [4.69, 9.17) is 4.98 Å². The van der Waals surface area contributed by atoms with E-state index in [2.05, 4.69) is 15.2 Å². The van der Waals surface area contributed by atoms with Gasteiger partial charge < -0.3 is 4.74 Å². The molecular formula is C19H24N4O3S. The lowest BCUT2D eigenvalue weighted by atomic mass is 9.88. The van der Waals surface area contributed by atoms with Gasteiger partial charge in [0.05, 0.1) is 18.0 Å². The van der Waals surface area contributed by atoms with Gasteiger partial charge in [-0.2, -0.15) is 0 Å². The minimum absolute atomic E-state index is 0.375. The summed E-state index contributed by atoms with van der Waals surface area (Å²) in [6, 6.07) is 9.92. The van der Waals surface area contributed by atoms with Crippen molar-refractivity contribution >= 4 is 23.8 Å². The fourth-order valence-electron chi connectivity index (χ4n) is 3.20. The number of hydrogen-bond acceptors (Lipinski definition) is 6. The van der Waals surface area contributed by atoms with E-state index in [1.165, 1.54) is 38.1 Å². The zero-order valence-corrected chi connectivity index (χ0v) is 16.4. The molecule has 1 aliphatic rings. The molecule has 1 atom stereocenters. The summed E-state index contributed by atoms with van der Waals surface area (Å²) in [7, 11) is 1.22. The number of carbonyl (C=O) groups excluding carboxylic acids is 2. The van der Waals surface area contributed by atoms with Gasteiger partial charge in [-0.25, -0.2) is 14.5 Å². The van der Waals surface area contributed by atoms with Crippen LogP contribution in [0.25, 0.3) is 5.69 Å². The topological polar surface area (TPSA) is 86.1 Å². The fourth-order valence-corrected chi connectivity index (χ4v) is 3.96. The Balaban J connectivity index is 1.82. The molecule has 1 fully saturated rings. The highest BCUT2D eigenvalue weighted by atomic mass is 32.2. The molecule has 3 rings (SSSR count). The molecule has 0 unspecified atom stereocenters. The number of rotatable bonds is 5. The lowest BCUT2D eigenvalue weighted by Crippen LogP contribution is -2.35. The van der Waals surface area contributed by atoms with Crippen LogP contribution in [-0.2, 0) is 9.53 Å². The van der Waals surface area contributed by atoms with Gasteiger partial charge in [0.15, 0.2) is 0 Å². The van der Waals surface area contributed by atoms with Gasteiger partial charge in [-0.3, -0.25) is 10.1 Å². The van der Waals surface area contributed by atoms with Gasteiger partial charge in [0.25, 0.3) is 0 Å². The lowest BCUT2D eigenvalue weighted by Gasteiger charge is -2.21. The van der Waals surface area contributed by atoms with E-state index < -0.39 is 17.3 Å². The van der Waals surface area contributed by atoms with Crippen molar-refractivity contribution in [3.63, 3.8) is 0 Å². The van der Waals surface area contributed by atoms with Crippen LogP contribution < -0.4 is 5.32 Å². The van der Waals surface area contributed by atoms with Gasteiger partial charge >= 0.3 is 6.09 Å². The van der Waals surface area contributed by atoms with Crippen LogP contribution in [0.15, 0.2) is 35.5 Å². The predicted octanol–water partition coefficient (Wildman–Crippen LogP) is 3.68. The van der Waals surface area contributed by atoms with Crippen LogP contribution in [0.1, 0.15) is 50.8 Å². The van der Waals surface area contributed by atoms with Crippen molar-refractivity contribution in [1.29, 1.82) is 0 Å². The quantitative estimate of drug-likeness (QED) is 0.787. The van der Waals surface area contributed by atoms with E-state index in [1.54, 1.807) is 6.92 Å². The Kier molecular flexibility index (Phi) is 6.49. The van der Waals surface area contributed by atoms with E-state index >= 15 is 0 Å². The Morgan fingerprint density at radius 2 is 1.93 bits per heavy atom. The highest BCUT2D eigenvalue weighted by Crippen LogP contribution is 2.34. The third-order valence-corrected chi connectivity index (χ3v) is 5.60. The normalized spacial score (nSPS) is 15.9. The molecule has 1 heterocycles. The molecule has 2 amide bonds. The van der Waals surface area contributed by atoms with Crippen molar-refractivity contribution in [3.8, 4) is 5.69 Å². The van der Waals surface area contributed by atoms with Crippen molar-refractivity contribution < 1.29 is 14.3 Å². The molecule has 0 aliphatic heterocycles. The van der Waals surface area contributed by atoms with Crippen LogP contribution in [-0.4, -0.2) is 39.1 Å². The third-order valence-electron chi connectivity index (χ3n) is 4.65. The first-order valence-electron chi connectivity index (χ1n) is 9.16. The molecule has 2 aromatic rings. The second-order valence-electron chi connectivity index (χ2n) is 6.58. The minimum atomic E-state index is -0.766. The van der Waals surface area contributed by atoms with Crippen LogP contribution >= 0.6 is 11.8 Å². The van der Waals surface area contributed by atoms with Crippen molar-refractivity contribution in [2.24, 2.45) is 0 Å². The van der Waals surface area contributed by atoms with Gasteiger partial charge in [0.2, 0.25) is 11.1 Å². The number of hydrogen-bond donors (Lipinski definition) is 1. The Morgan fingerprint density at radius 1 is 1.22 bits per heavy atom. The van der Waals surface area contributed by atoms with Crippen LogP contribution in [0.3, 0.4) is 0 Å². The molecule has 1 aliphatic carbocycles. The number of aromatic nitrogens is 3. The molecule has 0 bridgehead atoms. The summed E-state index contributed by atoms with van der Waals surface area (Å²) in [5, 5.41) is 6.85. The SMILES string of the molecule is COC(=O)NC(=O)[C@@H](C)Sc1nc(C2CCCCC2)n(-c2ccccc2)n1. The maximum absolute atomic E-state index is 12.1. The first-order valence-corrected chi connectivity index (χ1v) is 10.0. The Bertz CT molecular complexity index is 788. The Morgan fingerprint density at radius 3 is 2.59 bits per heavy atom. The second-order valence-corrected chi connectivity index (χ2v) is 7.88. The summed E-state index contributed by atoms with van der Waals surface area (Å²) >= 11 is 1.23. The summed E-state index contributed by atoms with van der Waals surface area (Å²) in [5.41, 5.74) is 0.962. The monoisotopic (exact) mass is 388 g/mol. The zero-order chi connectivity index (χ0) is 19.2. The van der Waals surface area contributed by atoms with Gasteiger partial charge in [0.1, 0.15) is 5.82 Å². The number of para-hydroxylation sites is 1. The molecule has 1 saturated carbocycles. The summed E-state index contributed by atoms with van der Waals surface area (Å²) in [4.78, 5) is 28.1. The molecule has 0 saturated heterocycles. The lowest BCUT2D eigenvalue weighted by molar-refractivity contribution is -0.119. The summed E-state index contributed by atoms with van der Waals surface area (Å²) in [5.74, 6) is 0.895. The Hall–Kier alpha value is -2.35. The third kappa shape index (κ3) is 4.88. The van der Waals surface area contributed by atoms with Crippen molar-refractivity contribution in [2.75, 3.05) is 7.11 Å². The molecule has 1 aromatic heterocycles. The number of alkyl carbamates (subject to hydrolysis) is 1. The molecule has 0 spiro atoms. The Labute approximate surface area is 162 Å². The van der Waals surface area contributed by atoms with Gasteiger partial charge in [0, 0.05) is 5.92 Å². The second kappa shape index (κ2) is 9.03. The molecule has 27 heavy (non-hydrogen) atoms. The predicted molar refractivity (Wildman–Crippen MR) is 103 cm³/mol. The maximum Gasteiger partial charge on any atom is 0.413 e. The summed E-state index contributed by atoms with van der Waals surface area (Å²) in [6.45, 7) is 1.71. The van der Waals surface area contributed by atoms with Crippen molar-refractivity contribution in [2.45, 2.75) is 55.4 Å². The smallest absolute Gasteiger partial charge is 0.413 e. The number of carbonyl (C=O) groups is 2. The highest BCUT2D eigenvalue weighted by Gasteiger charge is 2.25. The average molecular weight is 388 g/mol. The van der Waals surface area contributed by atoms with E-state index in [0.29, 0.717) is 11.1 Å². The molecule has 7 nitrogen and oxygen atoms in total. The first-order chi connectivity index (χ1) is 13.1. The number of methoxy groups -OCH3 is 1. The first kappa shape index (κ1) is 19.4. The zero-order valence-electron chi connectivity index (χ0n) is 15.6. The molecule has 0 radical (unpaired) electrons. The fraction of sp³-hybridized carbons (Fsp3) is 0.474. The summed E-state index contributed by atoms with van der Waals surface area (Å²) in [6.07, 6.45) is 5.11. The molecular weight excluding hydrogens is 364 g/mol. The van der Waals surface area contributed by atoms with Crippen molar-refractivity contribution in [1.82, 2.24) is 20.1 Å². The average Bonchev–Trinajstić information content (AvgIpc) is 3.13. The van der Waals surface area contributed by atoms with Crippen LogP contribution in [0.4, 0.5) is 4.79 Å². The molecule has 8 heteroatoms. The number of imide groups is 1. The van der Waals surface area contributed by atoms with E-state index in [9.17, 15) is 9.59 Å². The molecule has 144 valence electrons. The number of amides is 2. The van der Waals surface area contributed by atoms with Gasteiger partial charge in [-0.1, -0.05) is 49.2 Å². The number of thioether (sulfide) groups is 1. The van der Waals surface area contributed by atoms with E-state index in [0.717, 1.165) is 24.4 Å². The van der Waals surface area contributed by atoms with Crippen LogP contribution in [0, 0.1) is 0 Å². The standard InChI is InChI=1S/C19H24N4O3S/c1-13(17(24)21-19(25)26-2)27-18-20-16(14-9-5-3-6-10-14)23(22-18)15-11-7-4-8-12-15/h4,7-8,11-14H,3,5-6,9-10H2,1-2H3,(H,21,24,25)/t13-/m1/s1. The van der Waals surface area contributed by atoms with Gasteiger partial charge in [-0.15, -0.1) is 5.10 Å². The molecule has 1 aromatic carbocycles. The molecule has 1 N–H and O–H groups in total. The van der Waals surface area contributed by atoms with E-state index in [1.807, 2.05) is 35.0 Å². The van der Waals surface area contributed by atoms with E-state index in [-0.39, 0.29) is 0 Å². The van der Waals surface area contributed by atoms with Gasteiger partial charge in [-0.05, 0) is 31.9 Å². The maximum atomic E-state index is 12.1.